The number of rotatable bonds is 4. The lowest BCUT2D eigenvalue weighted by molar-refractivity contribution is 1.13. The number of hydrogen-bond donors (Lipinski definition) is 0. The normalized spacial score (nSPS) is 11.8. The molecule has 3 heterocycles. The SMILES string of the molecule is c1ccc(-c2ccc3c(c2)c2ccccc2n3-c2cccc(-n3c4ccccc4c4ccc5c(ccn5-c5ccccc5)c43)c2)cc1. The Morgan fingerprint density at radius 3 is 1.68 bits per heavy atom. The van der Waals surface area contributed by atoms with Crippen molar-refractivity contribution in [3.05, 3.63) is 176 Å². The second-order valence-corrected chi connectivity index (χ2v) is 12.2. The molecule has 0 unspecified atom stereocenters. The molecule has 0 bridgehead atoms. The molecule has 0 radical (unpaired) electrons. The molecule has 0 spiro atoms. The van der Waals surface area contributed by atoms with Crippen LogP contribution in [0.5, 0.6) is 0 Å². The summed E-state index contributed by atoms with van der Waals surface area (Å²) in [4.78, 5) is 0. The van der Waals surface area contributed by atoms with Crippen LogP contribution in [-0.4, -0.2) is 13.7 Å². The first-order chi connectivity index (χ1) is 23.3. The van der Waals surface area contributed by atoms with Crippen LogP contribution < -0.4 is 0 Å². The molecule has 0 atom stereocenters. The maximum atomic E-state index is 2.45. The van der Waals surface area contributed by atoms with Gasteiger partial charge in [0.1, 0.15) is 0 Å². The lowest BCUT2D eigenvalue weighted by atomic mass is 10.0. The summed E-state index contributed by atoms with van der Waals surface area (Å²) in [5, 5.41) is 6.26. The quantitative estimate of drug-likeness (QED) is 0.191. The molecule has 10 aromatic rings. The standard InChI is InChI=1S/C44H29N3/c1-3-12-30(13-4-1)31-22-24-43-39(28-31)36-19-8-9-20-41(36)46(43)33-16-11-17-34(29-33)47-42-21-10-7-18-35(42)37-23-25-40-38(44(37)47)26-27-45(40)32-14-5-2-6-15-32/h1-29H. The summed E-state index contributed by atoms with van der Waals surface area (Å²) in [6, 6.07) is 61.5. The first kappa shape index (κ1) is 26.0. The van der Waals surface area contributed by atoms with Gasteiger partial charge in [-0.2, -0.15) is 0 Å². The molecule has 3 aromatic heterocycles. The van der Waals surface area contributed by atoms with Crippen molar-refractivity contribution in [1.29, 1.82) is 0 Å². The highest BCUT2D eigenvalue weighted by molar-refractivity contribution is 6.18. The van der Waals surface area contributed by atoms with Crippen molar-refractivity contribution in [1.82, 2.24) is 13.7 Å². The largest absolute Gasteiger partial charge is 0.316 e. The van der Waals surface area contributed by atoms with Crippen molar-refractivity contribution >= 4 is 54.5 Å². The van der Waals surface area contributed by atoms with Crippen molar-refractivity contribution in [2.75, 3.05) is 0 Å². The number of aromatic nitrogens is 3. The summed E-state index contributed by atoms with van der Waals surface area (Å²) >= 11 is 0. The van der Waals surface area contributed by atoms with Crippen LogP contribution in [0.1, 0.15) is 0 Å². The molecule has 0 aliphatic rings. The predicted molar refractivity (Wildman–Crippen MR) is 197 cm³/mol. The van der Waals surface area contributed by atoms with E-state index in [1.54, 1.807) is 0 Å². The Morgan fingerprint density at radius 1 is 0.298 bits per heavy atom. The summed E-state index contributed by atoms with van der Waals surface area (Å²) in [6.07, 6.45) is 2.19. The lowest BCUT2D eigenvalue weighted by Gasteiger charge is -2.13. The van der Waals surface area contributed by atoms with Crippen LogP contribution in [-0.2, 0) is 0 Å². The summed E-state index contributed by atoms with van der Waals surface area (Å²) in [5.41, 5.74) is 11.9. The monoisotopic (exact) mass is 599 g/mol. The molecule has 0 N–H and O–H groups in total. The van der Waals surface area contributed by atoms with Gasteiger partial charge in [-0.05, 0) is 77.9 Å². The van der Waals surface area contributed by atoms with Gasteiger partial charge < -0.3 is 13.7 Å². The average molecular weight is 600 g/mol. The Morgan fingerprint density at radius 2 is 0.894 bits per heavy atom. The van der Waals surface area contributed by atoms with Crippen molar-refractivity contribution in [3.63, 3.8) is 0 Å². The maximum absolute atomic E-state index is 2.45. The summed E-state index contributed by atoms with van der Waals surface area (Å²) in [7, 11) is 0. The highest BCUT2D eigenvalue weighted by Crippen LogP contribution is 2.39. The van der Waals surface area contributed by atoms with Gasteiger partial charge in [-0.3, -0.25) is 0 Å². The molecule has 0 amide bonds. The molecule has 0 fully saturated rings. The van der Waals surface area contributed by atoms with Gasteiger partial charge in [0.15, 0.2) is 0 Å². The first-order valence-electron chi connectivity index (χ1n) is 16.1. The Balaban J connectivity index is 1.22. The van der Waals surface area contributed by atoms with E-state index in [4.69, 9.17) is 0 Å². The topological polar surface area (TPSA) is 14.8 Å². The van der Waals surface area contributed by atoms with E-state index < -0.39 is 0 Å². The molecule has 0 saturated carbocycles. The summed E-state index contributed by atoms with van der Waals surface area (Å²) < 4.78 is 7.15. The zero-order valence-corrected chi connectivity index (χ0v) is 25.6. The number of nitrogens with zero attached hydrogens (tertiary/aromatic N) is 3. The van der Waals surface area contributed by atoms with E-state index >= 15 is 0 Å². The fourth-order valence-corrected chi connectivity index (χ4v) is 7.59. The van der Waals surface area contributed by atoms with Crippen LogP contribution in [0.2, 0.25) is 0 Å². The zero-order chi connectivity index (χ0) is 30.9. The highest BCUT2D eigenvalue weighted by atomic mass is 15.0. The second-order valence-electron chi connectivity index (χ2n) is 12.2. The molecular weight excluding hydrogens is 571 g/mol. The van der Waals surface area contributed by atoms with Gasteiger partial charge in [0, 0.05) is 50.2 Å². The molecule has 47 heavy (non-hydrogen) atoms. The molecular formula is C44H29N3. The number of hydrogen-bond acceptors (Lipinski definition) is 0. The van der Waals surface area contributed by atoms with Gasteiger partial charge >= 0.3 is 0 Å². The molecule has 7 aromatic carbocycles. The number of benzene rings is 7. The molecule has 0 aliphatic heterocycles. The fraction of sp³-hybridized carbons (Fsp3) is 0. The van der Waals surface area contributed by atoms with Gasteiger partial charge in [-0.15, -0.1) is 0 Å². The second kappa shape index (κ2) is 10.1. The Hall–Kier alpha value is -6.32. The maximum Gasteiger partial charge on any atom is 0.0635 e. The number of fused-ring (bicyclic) bond motifs is 8. The molecule has 220 valence electrons. The number of para-hydroxylation sites is 3. The molecule has 0 aliphatic carbocycles. The molecule has 3 heteroatoms. The summed E-state index contributed by atoms with van der Waals surface area (Å²) in [5.74, 6) is 0. The van der Waals surface area contributed by atoms with E-state index in [1.165, 1.54) is 65.6 Å². The third-order valence-corrected chi connectivity index (χ3v) is 9.66. The predicted octanol–water partition coefficient (Wildman–Crippen LogP) is 11.5. The van der Waals surface area contributed by atoms with Crippen LogP contribution in [0.3, 0.4) is 0 Å². The van der Waals surface area contributed by atoms with Gasteiger partial charge in [0.25, 0.3) is 0 Å². The molecule has 0 saturated heterocycles. The Labute approximate surface area is 271 Å². The van der Waals surface area contributed by atoms with Gasteiger partial charge in [0.05, 0.1) is 27.6 Å². The van der Waals surface area contributed by atoms with E-state index in [1.807, 2.05) is 0 Å². The van der Waals surface area contributed by atoms with Gasteiger partial charge in [0.2, 0.25) is 0 Å². The van der Waals surface area contributed by atoms with Crippen molar-refractivity contribution in [3.8, 4) is 28.2 Å². The minimum absolute atomic E-state index is 1.14. The van der Waals surface area contributed by atoms with E-state index in [9.17, 15) is 0 Å². The van der Waals surface area contributed by atoms with E-state index in [0.717, 1.165) is 17.1 Å². The third kappa shape index (κ3) is 3.87. The molecule has 3 nitrogen and oxygen atoms in total. The fourth-order valence-electron chi connectivity index (χ4n) is 7.59. The van der Waals surface area contributed by atoms with Crippen LogP contribution in [0, 0.1) is 0 Å². The van der Waals surface area contributed by atoms with E-state index in [-0.39, 0.29) is 0 Å². The van der Waals surface area contributed by atoms with Crippen LogP contribution in [0.25, 0.3) is 82.7 Å². The van der Waals surface area contributed by atoms with Crippen molar-refractivity contribution in [2.24, 2.45) is 0 Å². The molecule has 10 rings (SSSR count). The zero-order valence-electron chi connectivity index (χ0n) is 25.6. The lowest BCUT2D eigenvalue weighted by Crippen LogP contribution is -1.99. The van der Waals surface area contributed by atoms with Crippen LogP contribution in [0.15, 0.2) is 176 Å². The third-order valence-electron chi connectivity index (χ3n) is 9.66. The van der Waals surface area contributed by atoms with Crippen LogP contribution in [0.4, 0.5) is 0 Å². The van der Waals surface area contributed by atoms with E-state index in [0.29, 0.717) is 0 Å². The minimum Gasteiger partial charge on any atom is -0.316 e. The van der Waals surface area contributed by atoms with Gasteiger partial charge in [-0.25, -0.2) is 0 Å². The van der Waals surface area contributed by atoms with Gasteiger partial charge in [-0.1, -0.05) is 103 Å². The minimum atomic E-state index is 1.14. The smallest absolute Gasteiger partial charge is 0.0635 e. The van der Waals surface area contributed by atoms with Crippen molar-refractivity contribution in [2.45, 2.75) is 0 Å². The first-order valence-corrected chi connectivity index (χ1v) is 16.1. The summed E-state index contributed by atoms with van der Waals surface area (Å²) in [6.45, 7) is 0. The van der Waals surface area contributed by atoms with Crippen molar-refractivity contribution < 1.29 is 0 Å². The van der Waals surface area contributed by atoms with Crippen LogP contribution >= 0.6 is 0 Å². The average Bonchev–Trinajstić information content (AvgIpc) is 3.82. The Kier molecular flexibility index (Phi) is 5.57. The Bertz CT molecular complexity index is 2780. The highest BCUT2D eigenvalue weighted by Gasteiger charge is 2.18. The van der Waals surface area contributed by atoms with E-state index in [2.05, 4.69) is 190 Å².